The van der Waals surface area contributed by atoms with Crippen molar-refractivity contribution in [3.05, 3.63) is 57.8 Å². The van der Waals surface area contributed by atoms with Crippen molar-refractivity contribution in [1.29, 1.82) is 0 Å². The Labute approximate surface area is 121 Å². The Morgan fingerprint density at radius 1 is 1.43 bits per heavy atom. The van der Waals surface area contributed by atoms with E-state index in [9.17, 15) is 10.1 Å². The first-order valence-electron chi connectivity index (χ1n) is 6.73. The van der Waals surface area contributed by atoms with Gasteiger partial charge in [0.2, 0.25) is 5.82 Å². The molecule has 21 heavy (non-hydrogen) atoms. The van der Waals surface area contributed by atoms with E-state index in [0.717, 1.165) is 17.7 Å². The number of rotatable bonds is 4. The van der Waals surface area contributed by atoms with Gasteiger partial charge in [-0.15, -0.1) is 0 Å². The number of ether oxygens (including phenoxy) is 1. The van der Waals surface area contributed by atoms with Crippen LogP contribution in [-0.2, 0) is 6.42 Å². The molecule has 1 aromatic carbocycles. The van der Waals surface area contributed by atoms with Gasteiger partial charge in [0.05, 0.1) is 11.5 Å². The largest absolute Gasteiger partial charge is 0.488 e. The summed E-state index contributed by atoms with van der Waals surface area (Å²) in [6, 6.07) is 9.50. The lowest BCUT2D eigenvalue weighted by molar-refractivity contribution is -0.384. The molecule has 1 aliphatic rings. The van der Waals surface area contributed by atoms with Gasteiger partial charge in [-0.05, 0) is 24.6 Å². The Balaban J connectivity index is 1.70. The van der Waals surface area contributed by atoms with E-state index in [1.54, 1.807) is 19.2 Å². The molecular formula is C15H15N3O3. The number of fused-ring (bicyclic) bond motifs is 1. The summed E-state index contributed by atoms with van der Waals surface area (Å²) >= 11 is 0. The molecule has 1 aliphatic heterocycles. The summed E-state index contributed by atoms with van der Waals surface area (Å²) in [7, 11) is 0. The van der Waals surface area contributed by atoms with E-state index in [4.69, 9.17) is 4.74 Å². The molecule has 0 aliphatic carbocycles. The molecule has 0 spiro atoms. The standard InChI is InChI=1S/C15H15N3O3/c1-10-6-7-16-15(14(10)18(19)20)17-9-12-8-11-4-2-3-5-13(11)21-12/h2-7,12H,8-9H2,1H3,(H,16,17). The average molecular weight is 285 g/mol. The van der Waals surface area contributed by atoms with Crippen LogP contribution in [0.15, 0.2) is 36.5 Å². The van der Waals surface area contributed by atoms with Crippen LogP contribution in [0.2, 0.25) is 0 Å². The lowest BCUT2D eigenvalue weighted by Gasteiger charge is -2.12. The second-order valence-corrected chi connectivity index (χ2v) is 5.01. The predicted molar refractivity (Wildman–Crippen MR) is 78.7 cm³/mol. The zero-order valence-corrected chi connectivity index (χ0v) is 11.6. The van der Waals surface area contributed by atoms with Gasteiger partial charge in [-0.1, -0.05) is 18.2 Å². The molecule has 0 bridgehead atoms. The number of nitrogens with one attached hydrogen (secondary N) is 1. The molecule has 6 nitrogen and oxygen atoms in total. The Morgan fingerprint density at radius 2 is 2.24 bits per heavy atom. The summed E-state index contributed by atoms with van der Waals surface area (Å²) in [6.45, 7) is 2.18. The lowest BCUT2D eigenvalue weighted by atomic mass is 10.1. The molecule has 1 N–H and O–H groups in total. The maximum absolute atomic E-state index is 11.1. The minimum Gasteiger partial charge on any atom is -0.488 e. The van der Waals surface area contributed by atoms with Crippen LogP contribution in [0.25, 0.3) is 0 Å². The van der Waals surface area contributed by atoms with Crippen molar-refractivity contribution in [2.45, 2.75) is 19.4 Å². The Kier molecular flexibility index (Phi) is 3.43. The molecule has 0 saturated heterocycles. The SMILES string of the molecule is Cc1ccnc(NCC2Cc3ccccc3O2)c1[N+](=O)[O-]. The molecule has 0 saturated carbocycles. The van der Waals surface area contributed by atoms with Crippen molar-refractivity contribution in [3.8, 4) is 5.75 Å². The third kappa shape index (κ3) is 2.65. The Bertz CT molecular complexity index is 663. The number of aryl methyl sites for hydroxylation is 1. The maximum atomic E-state index is 11.1. The van der Waals surface area contributed by atoms with Crippen LogP contribution in [0.3, 0.4) is 0 Å². The minimum absolute atomic E-state index is 0.0213. The van der Waals surface area contributed by atoms with Gasteiger partial charge in [0.1, 0.15) is 11.9 Å². The third-order valence-electron chi connectivity index (χ3n) is 3.52. The zero-order chi connectivity index (χ0) is 14.8. The van der Waals surface area contributed by atoms with Crippen LogP contribution >= 0.6 is 0 Å². The summed E-state index contributed by atoms with van der Waals surface area (Å²) in [6.07, 6.45) is 2.32. The van der Waals surface area contributed by atoms with Gasteiger partial charge in [-0.25, -0.2) is 4.98 Å². The highest BCUT2D eigenvalue weighted by Gasteiger charge is 2.24. The van der Waals surface area contributed by atoms with Gasteiger partial charge in [-0.2, -0.15) is 0 Å². The fourth-order valence-corrected chi connectivity index (χ4v) is 2.49. The Morgan fingerprint density at radius 3 is 3.00 bits per heavy atom. The monoisotopic (exact) mass is 285 g/mol. The van der Waals surface area contributed by atoms with E-state index >= 15 is 0 Å². The highest BCUT2D eigenvalue weighted by molar-refractivity contribution is 5.59. The number of pyridine rings is 1. The quantitative estimate of drug-likeness (QED) is 0.690. The van der Waals surface area contributed by atoms with E-state index in [2.05, 4.69) is 10.3 Å². The first-order chi connectivity index (χ1) is 10.1. The fraction of sp³-hybridized carbons (Fsp3) is 0.267. The van der Waals surface area contributed by atoms with Crippen molar-refractivity contribution in [3.63, 3.8) is 0 Å². The number of benzene rings is 1. The summed E-state index contributed by atoms with van der Waals surface area (Å²) in [5.41, 5.74) is 1.78. The number of anilines is 1. The molecule has 6 heteroatoms. The third-order valence-corrected chi connectivity index (χ3v) is 3.52. The molecule has 108 valence electrons. The molecule has 1 unspecified atom stereocenters. The van der Waals surface area contributed by atoms with Gasteiger partial charge in [0.15, 0.2) is 0 Å². The van der Waals surface area contributed by atoms with Crippen molar-refractivity contribution in [2.75, 3.05) is 11.9 Å². The summed E-state index contributed by atoms with van der Waals surface area (Å²) in [5.74, 6) is 1.18. The van der Waals surface area contributed by atoms with Crippen LogP contribution in [0.5, 0.6) is 5.75 Å². The summed E-state index contributed by atoms with van der Waals surface area (Å²) in [5, 5.41) is 14.1. The van der Waals surface area contributed by atoms with Crippen LogP contribution in [0.1, 0.15) is 11.1 Å². The molecule has 0 radical (unpaired) electrons. The van der Waals surface area contributed by atoms with Gasteiger partial charge in [-0.3, -0.25) is 10.1 Å². The van der Waals surface area contributed by atoms with E-state index in [-0.39, 0.29) is 11.8 Å². The van der Waals surface area contributed by atoms with Gasteiger partial charge >= 0.3 is 5.69 Å². The minimum atomic E-state index is -0.408. The normalized spacial score (nSPS) is 16.1. The summed E-state index contributed by atoms with van der Waals surface area (Å²) in [4.78, 5) is 14.8. The van der Waals surface area contributed by atoms with E-state index < -0.39 is 4.92 Å². The molecule has 1 atom stereocenters. The second kappa shape index (κ2) is 5.40. The molecular weight excluding hydrogens is 270 g/mol. The van der Waals surface area contributed by atoms with Gasteiger partial charge in [0.25, 0.3) is 0 Å². The highest BCUT2D eigenvalue weighted by Crippen LogP contribution is 2.29. The van der Waals surface area contributed by atoms with Crippen LogP contribution < -0.4 is 10.1 Å². The molecule has 1 aromatic heterocycles. The number of hydrogen-bond acceptors (Lipinski definition) is 5. The average Bonchev–Trinajstić information content (AvgIpc) is 2.87. The number of aromatic nitrogens is 1. The van der Waals surface area contributed by atoms with Crippen molar-refractivity contribution >= 4 is 11.5 Å². The lowest BCUT2D eigenvalue weighted by Crippen LogP contribution is -2.24. The van der Waals surface area contributed by atoms with Crippen LogP contribution in [0.4, 0.5) is 11.5 Å². The number of nitro groups is 1. The predicted octanol–water partition coefficient (Wildman–Crippen LogP) is 2.71. The molecule has 0 amide bonds. The van der Waals surface area contributed by atoms with Crippen molar-refractivity contribution in [1.82, 2.24) is 4.98 Å². The zero-order valence-electron chi connectivity index (χ0n) is 11.6. The second-order valence-electron chi connectivity index (χ2n) is 5.01. The number of nitrogens with zero attached hydrogens (tertiary/aromatic N) is 2. The first-order valence-corrected chi connectivity index (χ1v) is 6.73. The van der Waals surface area contributed by atoms with Gasteiger partial charge in [0, 0.05) is 18.2 Å². The van der Waals surface area contributed by atoms with E-state index in [1.807, 2.05) is 24.3 Å². The fourth-order valence-electron chi connectivity index (χ4n) is 2.49. The smallest absolute Gasteiger partial charge is 0.314 e. The van der Waals surface area contributed by atoms with E-state index in [1.165, 1.54) is 0 Å². The number of hydrogen-bond donors (Lipinski definition) is 1. The molecule has 2 aromatic rings. The van der Waals surface area contributed by atoms with E-state index in [0.29, 0.717) is 17.9 Å². The van der Waals surface area contributed by atoms with Crippen molar-refractivity contribution < 1.29 is 9.66 Å². The van der Waals surface area contributed by atoms with Gasteiger partial charge < -0.3 is 10.1 Å². The molecule has 3 rings (SSSR count). The van der Waals surface area contributed by atoms with Crippen molar-refractivity contribution in [2.24, 2.45) is 0 Å². The molecule has 0 fully saturated rings. The highest BCUT2D eigenvalue weighted by atomic mass is 16.6. The number of para-hydroxylation sites is 1. The Hall–Kier alpha value is -2.63. The molecule has 2 heterocycles. The topological polar surface area (TPSA) is 77.3 Å². The first kappa shape index (κ1) is 13.4. The van der Waals surface area contributed by atoms with Crippen LogP contribution in [0, 0.1) is 17.0 Å². The summed E-state index contributed by atoms with van der Waals surface area (Å²) < 4.78 is 5.80. The maximum Gasteiger partial charge on any atom is 0.314 e. The van der Waals surface area contributed by atoms with Crippen LogP contribution in [-0.4, -0.2) is 22.6 Å².